The molecule has 0 spiro atoms. The van der Waals surface area contributed by atoms with Crippen molar-refractivity contribution in [1.82, 2.24) is 19.9 Å². The van der Waals surface area contributed by atoms with E-state index in [9.17, 15) is 0 Å². The van der Waals surface area contributed by atoms with Crippen LogP contribution in [0.15, 0.2) is 155 Å². The summed E-state index contributed by atoms with van der Waals surface area (Å²) in [5, 5.41) is 6.22. The number of aromatic nitrogens is 4. The van der Waals surface area contributed by atoms with Crippen LogP contribution in [0.1, 0.15) is 0 Å². The van der Waals surface area contributed by atoms with Crippen molar-refractivity contribution >= 4 is 54.6 Å². The van der Waals surface area contributed by atoms with Crippen LogP contribution in [-0.2, 0) is 0 Å². The molecule has 10 rings (SSSR count). The molecule has 0 saturated carbocycles. The summed E-state index contributed by atoms with van der Waals surface area (Å²) < 4.78 is 12.8. The van der Waals surface area contributed by atoms with Crippen molar-refractivity contribution in [3.8, 4) is 45.3 Å². The Hall–Kier alpha value is -6.66. The van der Waals surface area contributed by atoms with Crippen LogP contribution >= 0.6 is 0 Å². The molecule has 0 fully saturated rings. The Kier molecular flexibility index (Phi) is 5.77. The molecule has 0 saturated heterocycles. The van der Waals surface area contributed by atoms with E-state index in [0.717, 1.165) is 66.1 Å². The molecule has 0 amide bonds. The number of para-hydroxylation sites is 1. The topological polar surface area (TPSA) is 77.8 Å². The van der Waals surface area contributed by atoms with Crippen LogP contribution in [0.4, 0.5) is 0 Å². The number of hydrogen-bond acceptors (Lipinski definition) is 6. The average Bonchev–Trinajstić information content (AvgIpc) is 3.74. The van der Waals surface area contributed by atoms with Crippen molar-refractivity contribution in [1.29, 1.82) is 0 Å². The molecule has 0 N–H and O–H groups in total. The van der Waals surface area contributed by atoms with E-state index in [0.29, 0.717) is 23.1 Å². The lowest BCUT2D eigenvalue weighted by atomic mass is 9.96. The highest BCUT2D eigenvalue weighted by molar-refractivity contribution is 6.16. The highest BCUT2D eigenvalue weighted by Crippen LogP contribution is 2.42. The van der Waals surface area contributed by atoms with Crippen molar-refractivity contribution in [2.45, 2.75) is 0 Å². The van der Waals surface area contributed by atoms with Crippen molar-refractivity contribution in [3.05, 3.63) is 146 Å². The van der Waals surface area contributed by atoms with Gasteiger partial charge in [-0.2, -0.15) is 0 Å². The molecule has 4 heterocycles. The zero-order chi connectivity index (χ0) is 31.6. The van der Waals surface area contributed by atoms with Crippen molar-refractivity contribution < 1.29 is 8.83 Å². The monoisotopic (exact) mass is 616 g/mol. The molecule has 0 atom stereocenters. The number of hydrogen-bond donors (Lipinski definition) is 0. The van der Waals surface area contributed by atoms with Crippen LogP contribution in [0.2, 0.25) is 0 Å². The summed E-state index contributed by atoms with van der Waals surface area (Å²) >= 11 is 0. The minimum Gasteiger partial charge on any atom is -0.456 e. The lowest BCUT2D eigenvalue weighted by molar-refractivity contribution is 0.668. The highest BCUT2D eigenvalue weighted by atomic mass is 16.3. The predicted molar refractivity (Wildman–Crippen MR) is 191 cm³/mol. The third-order valence-electron chi connectivity index (χ3n) is 9.04. The maximum atomic E-state index is 6.59. The number of benzene rings is 6. The second-order valence-corrected chi connectivity index (χ2v) is 11.8. The Labute approximate surface area is 274 Å². The number of nitrogens with zero attached hydrogens (tertiary/aromatic N) is 4. The Balaban J connectivity index is 1.26. The van der Waals surface area contributed by atoms with Gasteiger partial charge in [-0.05, 0) is 52.7 Å². The van der Waals surface area contributed by atoms with Crippen LogP contribution < -0.4 is 0 Å². The maximum absolute atomic E-state index is 6.59. The van der Waals surface area contributed by atoms with Gasteiger partial charge in [-0.3, -0.25) is 4.98 Å². The highest BCUT2D eigenvalue weighted by Gasteiger charge is 2.22. The Bertz CT molecular complexity index is 2850. The Morgan fingerprint density at radius 2 is 1.12 bits per heavy atom. The van der Waals surface area contributed by atoms with Gasteiger partial charge in [-0.1, -0.05) is 97.1 Å². The van der Waals surface area contributed by atoms with E-state index in [1.165, 1.54) is 10.8 Å². The van der Waals surface area contributed by atoms with Gasteiger partial charge in [0.2, 0.25) is 0 Å². The normalized spacial score (nSPS) is 11.8. The van der Waals surface area contributed by atoms with E-state index >= 15 is 0 Å². The van der Waals surface area contributed by atoms with Gasteiger partial charge in [0.1, 0.15) is 16.7 Å². The van der Waals surface area contributed by atoms with Crippen LogP contribution in [-0.4, -0.2) is 19.9 Å². The largest absolute Gasteiger partial charge is 0.456 e. The van der Waals surface area contributed by atoms with Crippen LogP contribution in [0, 0.1) is 0 Å². The molecular weight excluding hydrogens is 592 g/mol. The molecule has 6 heteroatoms. The molecule has 0 radical (unpaired) electrons. The van der Waals surface area contributed by atoms with Gasteiger partial charge in [0.25, 0.3) is 0 Å². The molecule has 48 heavy (non-hydrogen) atoms. The molecular formula is C42H24N4O2. The van der Waals surface area contributed by atoms with Gasteiger partial charge in [0, 0.05) is 50.0 Å². The first-order valence-corrected chi connectivity index (χ1v) is 15.8. The smallest absolute Gasteiger partial charge is 0.164 e. The second-order valence-electron chi connectivity index (χ2n) is 11.8. The van der Waals surface area contributed by atoms with Crippen LogP contribution in [0.5, 0.6) is 0 Å². The average molecular weight is 617 g/mol. The number of rotatable bonds is 4. The Morgan fingerprint density at radius 3 is 2.02 bits per heavy atom. The fourth-order valence-electron chi connectivity index (χ4n) is 6.80. The first-order valence-electron chi connectivity index (χ1n) is 15.8. The first kappa shape index (κ1) is 26.5. The number of fused-ring (bicyclic) bond motifs is 7. The zero-order valence-corrected chi connectivity index (χ0v) is 25.5. The molecule has 0 aliphatic rings. The minimum atomic E-state index is 0.554. The summed E-state index contributed by atoms with van der Waals surface area (Å²) in [5.74, 6) is 1.71. The summed E-state index contributed by atoms with van der Waals surface area (Å²) in [6.45, 7) is 0. The molecule has 0 unspecified atom stereocenters. The molecule has 6 nitrogen and oxygen atoms in total. The Morgan fingerprint density at radius 1 is 0.417 bits per heavy atom. The van der Waals surface area contributed by atoms with Gasteiger partial charge in [-0.25, -0.2) is 15.0 Å². The molecule has 0 bridgehead atoms. The van der Waals surface area contributed by atoms with Crippen LogP contribution in [0.3, 0.4) is 0 Å². The van der Waals surface area contributed by atoms with Gasteiger partial charge in [-0.15, -0.1) is 0 Å². The fraction of sp³-hybridized carbons (Fsp3) is 0. The third kappa shape index (κ3) is 4.13. The summed E-state index contributed by atoms with van der Waals surface area (Å²) in [5.41, 5.74) is 7.76. The van der Waals surface area contributed by atoms with Crippen molar-refractivity contribution in [2.24, 2.45) is 0 Å². The predicted octanol–water partition coefficient (Wildman–Crippen LogP) is 10.9. The SMILES string of the molecule is c1ccc(-c2nc(-c3cccc4oc5ccccc5c34)nc(-c3ccc(-c4ccc5ccccc5c4)c4oc5cnccc5c34)n2)cc1. The molecule has 6 aromatic carbocycles. The van der Waals surface area contributed by atoms with E-state index in [2.05, 4.69) is 71.7 Å². The summed E-state index contributed by atoms with van der Waals surface area (Å²) in [6.07, 6.45) is 3.56. The molecule has 10 aromatic rings. The van der Waals surface area contributed by atoms with Crippen LogP contribution in [0.25, 0.3) is 99.9 Å². The quantitative estimate of drug-likeness (QED) is 0.196. The number of furan rings is 2. The van der Waals surface area contributed by atoms with E-state index in [-0.39, 0.29) is 0 Å². The number of pyridine rings is 1. The van der Waals surface area contributed by atoms with Gasteiger partial charge in [0.05, 0.1) is 6.20 Å². The molecule has 0 aliphatic carbocycles. The zero-order valence-electron chi connectivity index (χ0n) is 25.5. The molecule has 224 valence electrons. The lowest BCUT2D eigenvalue weighted by Gasteiger charge is -2.11. The van der Waals surface area contributed by atoms with E-state index in [4.69, 9.17) is 23.8 Å². The third-order valence-corrected chi connectivity index (χ3v) is 9.04. The van der Waals surface area contributed by atoms with Crippen molar-refractivity contribution in [3.63, 3.8) is 0 Å². The first-order chi connectivity index (χ1) is 23.8. The maximum Gasteiger partial charge on any atom is 0.164 e. The van der Waals surface area contributed by atoms with E-state index in [1.807, 2.05) is 66.7 Å². The van der Waals surface area contributed by atoms with Gasteiger partial charge >= 0.3 is 0 Å². The van der Waals surface area contributed by atoms with Gasteiger partial charge < -0.3 is 8.83 Å². The summed E-state index contributed by atoms with van der Waals surface area (Å²) in [4.78, 5) is 19.7. The molecule has 0 aliphatic heterocycles. The summed E-state index contributed by atoms with van der Waals surface area (Å²) in [7, 11) is 0. The second kappa shape index (κ2) is 10.4. The minimum absolute atomic E-state index is 0.554. The van der Waals surface area contributed by atoms with E-state index < -0.39 is 0 Å². The molecule has 4 aromatic heterocycles. The van der Waals surface area contributed by atoms with Gasteiger partial charge in [0.15, 0.2) is 23.1 Å². The standard InChI is InChI=1S/C42H24N4O2/c1-2-10-26(11-3-1)40-44-41(32-14-8-16-35-37(32)30-13-6-7-15-34(30)47-35)46-42(45-40)33-20-19-29(28-18-17-25-9-4-5-12-27(25)23-28)39-38(33)31-21-22-43-24-36(31)48-39/h1-24H. The lowest BCUT2D eigenvalue weighted by Crippen LogP contribution is -2.01. The fourth-order valence-corrected chi connectivity index (χ4v) is 6.80. The summed E-state index contributed by atoms with van der Waals surface area (Å²) in [6, 6.07) is 45.2. The van der Waals surface area contributed by atoms with Crippen molar-refractivity contribution in [2.75, 3.05) is 0 Å². The van der Waals surface area contributed by atoms with E-state index in [1.54, 1.807) is 12.4 Å².